The van der Waals surface area contributed by atoms with Crippen LogP contribution in [0.15, 0.2) is 24.3 Å². The second kappa shape index (κ2) is 7.24. The molecule has 0 saturated carbocycles. The standard InChI is InChI=1S/C13H19ClN2O2/c1-10(13(17)16(3)8-7-15-2)18-12-6-4-5-11(14)9-12/h4-6,9-10,15H,7-8H2,1-3H3. The number of carbonyl (C=O) groups is 1. The molecule has 1 unspecified atom stereocenters. The summed E-state index contributed by atoms with van der Waals surface area (Å²) in [6.07, 6.45) is -0.523. The Kier molecular flexibility index (Phi) is 5.95. The van der Waals surface area contributed by atoms with E-state index in [2.05, 4.69) is 5.32 Å². The summed E-state index contributed by atoms with van der Waals surface area (Å²) in [6, 6.07) is 7.03. The number of hydrogen-bond donors (Lipinski definition) is 1. The molecular formula is C13H19ClN2O2. The van der Waals surface area contributed by atoms with E-state index >= 15 is 0 Å². The van der Waals surface area contributed by atoms with E-state index in [-0.39, 0.29) is 5.91 Å². The lowest BCUT2D eigenvalue weighted by Gasteiger charge is -2.22. The average Bonchev–Trinajstić information content (AvgIpc) is 2.35. The van der Waals surface area contributed by atoms with E-state index in [1.807, 2.05) is 7.05 Å². The van der Waals surface area contributed by atoms with Crippen molar-refractivity contribution in [2.24, 2.45) is 0 Å². The van der Waals surface area contributed by atoms with Gasteiger partial charge in [-0.15, -0.1) is 0 Å². The van der Waals surface area contributed by atoms with Crippen LogP contribution >= 0.6 is 11.6 Å². The molecule has 0 saturated heterocycles. The van der Waals surface area contributed by atoms with Crippen molar-refractivity contribution in [2.75, 3.05) is 27.2 Å². The molecule has 1 atom stereocenters. The predicted octanol–water partition coefficient (Wildman–Crippen LogP) is 1.79. The van der Waals surface area contributed by atoms with Gasteiger partial charge in [-0.05, 0) is 32.2 Å². The monoisotopic (exact) mass is 270 g/mol. The minimum absolute atomic E-state index is 0.0507. The smallest absolute Gasteiger partial charge is 0.263 e. The fourth-order valence-corrected chi connectivity index (χ4v) is 1.68. The third kappa shape index (κ3) is 4.55. The Hall–Kier alpha value is -1.26. The van der Waals surface area contributed by atoms with Crippen LogP contribution < -0.4 is 10.1 Å². The first kappa shape index (κ1) is 14.8. The number of benzene rings is 1. The van der Waals surface area contributed by atoms with Crippen molar-refractivity contribution in [1.29, 1.82) is 0 Å². The SMILES string of the molecule is CNCCN(C)C(=O)C(C)Oc1cccc(Cl)c1. The number of nitrogens with zero attached hydrogens (tertiary/aromatic N) is 1. The lowest BCUT2D eigenvalue weighted by molar-refractivity contribution is -0.136. The van der Waals surface area contributed by atoms with Gasteiger partial charge in [-0.25, -0.2) is 0 Å². The number of rotatable bonds is 6. The van der Waals surface area contributed by atoms with Crippen LogP contribution in [-0.2, 0) is 4.79 Å². The Morgan fingerprint density at radius 2 is 2.28 bits per heavy atom. The van der Waals surface area contributed by atoms with Crippen molar-refractivity contribution in [3.63, 3.8) is 0 Å². The molecule has 4 nitrogen and oxygen atoms in total. The summed E-state index contributed by atoms with van der Waals surface area (Å²) in [5.74, 6) is 0.551. The maximum absolute atomic E-state index is 12.0. The Bertz CT molecular complexity index is 398. The van der Waals surface area contributed by atoms with E-state index in [9.17, 15) is 4.79 Å². The summed E-state index contributed by atoms with van der Waals surface area (Å²) < 4.78 is 5.56. The van der Waals surface area contributed by atoms with Gasteiger partial charge in [0.1, 0.15) is 5.75 Å². The molecule has 0 heterocycles. The summed E-state index contributed by atoms with van der Waals surface area (Å²) in [7, 11) is 3.61. The van der Waals surface area contributed by atoms with Crippen molar-refractivity contribution in [3.05, 3.63) is 29.3 Å². The summed E-state index contributed by atoms with van der Waals surface area (Å²) in [4.78, 5) is 13.6. The second-order valence-corrected chi connectivity index (χ2v) is 4.52. The third-order valence-electron chi connectivity index (χ3n) is 2.53. The summed E-state index contributed by atoms with van der Waals surface area (Å²) in [6.45, 7) is 3.14. The molecule has 100 valence electrons. The van der Waals surface area contributed by atoms with Gasteiger partial charge in [0.15, 0.2) is 6.10 Å². The zero-order valence-electron chi connectivity index (χ0n) is 10.9. The van der Waals surface area contributed by atoms with Gasteiger partial charge in [0, 0.05) is 25.2 Å². The Balaban J connectivity index is 2.54. The van der Waals surface area contributed by atoms with Crippen LogP contribution in [0.1, 0.15) is 6.92 Å². The van der Waals surface area contributed by atoms with Gasteiger partial charge in [0.2, 0.25) is 0 Å². The molecular weight excluding hydrogens is 252 g/mol. The molecule has 0 radical (unpaired) electrons. The number of carbonyl (C=O) groups excluding carboxylic acids is 1. The molecule has 18 heavy (non-hydrogen) atoms. The van der Waals surface area contributed by atoms with Gasteiger partial charge in [-0.3, -0.25) is 4.79 Å². The number of halogens is 1. The molecule has 0 aliphatic rings. The maximum atomic E-state index is 12.0. The van der Waals surface area contributed by atoms with E-state index in [1.165, 1.54) is 0 Å². The molecule has 0 spiro atoms. The second-order valence-electron chi connectivity index (χ2n) is 4.08. The number of likely N-dealkylation sites (N-methyl/N-ethyl adjacent to an activating group) is 2. The number of hydrogen-bond acceptors (Lipinski definition) is 3. The van der Waals surface area contributed by atoms with Crippen LogP contribution in [0, 0.1) is 0 Å². The van der Waals surface area contributed by atoms with Gasteiger partial charge in [0.05, 0.1) is 0 Å². The number of ether oxygens (including phenoxy) is 1. The largest absolute Gasteiger partial charge is 0.481 e. The quantitative estimate of drug-likeness (QED) is 0.857. The molecule has 0 aliphatic heterocycles. The molecule has 0 bridgehead atoms. The lowest BCUT2D eigenvalue weighted by atomic mass is 10.3. The van der Waals surface area contributed by atoms with Gasteiger partial charge in [-0.1, -0.05) is 17.7 Å². The van der Waals surface area contributed by atoms with Crippen molar-refractivity contribution < 1.29 is 9.53 Å². The number of nitrogens with one attached hydrogen (secondary N) is 1. The van der Waals surface area contributed by atoms with E-state index < -0.39 is 6.10 Å². The van der Waals surface area contributed by atoms with E-state index in [0.717, 1.165) is 6.54 Å². The molecule has 0 fully saturated rings. The Labute approximate surface area is 113 Å². The fraction of sp³-hybridized carbons (Fsp3) is 0.462. The highest BCUT2D eigenvalue weighted by atomic mass is 35.5. The van der Waals surface area contributed by atoms with Crippen LogP contribution in [0.2, 0.25) is 5.02 Å². The number of amides is 1. The van der Waals surface area contributed by atoms with E-state index in [1.54, 1.807) is 43.1 Å². The van der Waals surface area contributed by atoms with Crippen LogP contribution in [0.25, 0.3) is 0 Å². The van der Waals surface area contributed by atoms with Crippen LogP contribution in [-0.4, -0.2) is 44.1 Å². The van der Waals surface area contributed by atoms with Crippen LogP contribution in [0.3, 0.4) is 0 Å². The highest BCUT2D eigenvalue weighted by Crippen LogP contribution is 2.18. The van der Waals surface area contributed by atoms with Gasteiger partial charge < -0.3 is 15.0 Å². The lowest BCUT2D eigenvalue weighted by Crippen LogP contribution is -2.40. The molecule has 5 heteroatoms. The topological polar surface area (TPSA) is 41.6 Å². The molecule has 1 aromatic carbocycles. The normalized spacial score (nSPS) is 12.0. The zero-order valence-corrected chi connectivity index (χ0v) is 11.7. The highest BCUT2D eigenvalue weighted by molar-refractivity contribution is 6.30. The van der Waals surface area contributed by atoms with E-state index in [4.69, 9.17) is 16.3 Å². The molecule has 1 amide bonds. The first-order valence-corrected chi connectivity index (χ1v) is 6.24. The van der Waals surface area contributed by atoms with Gasteiger partial charge in [-0.2, -0.15) is 0 Å². The first-order valence-electron chi connectivity index (χ1n) is 5.86. The summed E-state index contributed by atoms with van der Waals surface area (Å²) >= 11 is 5.86. The minimum atomic E-state index is -0.523. The predicted molar refractivity (Wildman–Crippen MR) is 73.1 cm³/mol. The van der Waals surface area contributed by atoms with Crippen LogP contribution in [0.4, 0.5) is 0 Å². The Morgan fingerprint density at radius 1 is 1.56 bits per heavy atom. The zero-order chi connectivity index (χ0) is 13.5. The average molecular weight is 271 g/mol. The fourth-order valence-electron chi connectivity index (χ4n) is 1.49. The highest BCUT2D eigenvalue weighted by Gasteiger charge is 2.18. The Morgan fingerprint density at radius 3 is 2.89 bits per heavy atom. The third-order valence-corrected chi connectivity index (χ3v) is 2.77. The van der Waals surface area contributed by atoms with Crippen molar-refractivity contribution in [2.45, 2.75) is 13.0 Å². The van der Waals surface area contributed by atoms with Gasteiger partial charge in [0.25, 0.3) is 5.91 Å². The molecule has 1 aromatic rings. The van der Waals surface area contributed by atoms with Crippen molar-refractivity contribution in [3.8, 4) is 5.75 Å². The minimum Gasteiger partial charge on any atom is -0.481 e. The molecule has 1 N–H and O–H groups in total. The molecule has 1 rings (SSSR count). The van der Waals surface area contributed by atoms with Crippen molar-refractivity contribution in [1.82, 2.24) is 10.2 Å². The molecule has 0 aliphatic carbocycles. The van der Waals surface area contributed by atoms with Crippen LogP contribution in [0.5, 0.6) is 5.75 Å². The molecule has 0 aromatic heterocycles. The summed E-state index contributed by atoms with van der Waals surface area (Å²) in [5, 5.41) is 3.59. The maximum Gasteiger partial charge on any atom is 0.263 e. The van der Waals surface area contributed by atoms with Crippen molar-refractivity contribution >= 4 is 17.5 Å². The van der Waals surface area contributed by atoms with E-state index in [0.29, 0.717) is 17.3 Å². The first-order chi connectivity index (χ1) is 8.54. The summed E-state index contributed by atoms with van der Waals surface area (Å²) in [5.41, 5.74) is 0. The van der Waals surface area contributed by atoms with Gasteiger partial charge >= 0.3 is 0 Å².